The molecule has 0 spiro atoms. The average molecular weight is 433 g/mol. The Morgan fingerprint density at radius 2 is 1.93 bits per heavy atom. The Labute approximate surface area is 180 Å². The Balaban J connectivity index is 1.72. The van der Waals surface area contributed by atoms with Crippen molar-refractivity contribution in [3.05, 3.63) is 63.6 Å². The van der Waals surface area contributed by atoms with Gasteiger partial charge in [-0.15, -0.1) is 0 Å². The maximum atomic E-state index is 13.1. The number of Topliss-reactive ketones (excluding diaryl/α,β-unsaturated/α-hetero) is 1. The molecule has 1 atom stereocenters. The zero-order chi connectivity index (χ0) is 21.0. The SMILES string of the molecule is CCCN1C(=O)C(NC(=O)CCc2ccc(Cl)cc2Cl)CC(=O)c2ccccc21. The first-order valence-corrected chi connectivity index (χ1v) is 10.3. The van der Waals surface area contributed by atoms with Gasteiger partial charge >= 0.3 is 0 Å². The van der Waals surface area contributed by atoms with Crippen LogP contribution in [-0.2, 0) is 16.0 Å². The number of hydrogen-bond donors (Lipinski definition) is 1. The van der Waals surface area contributed by atoms with Gasteiger partial charge < -0.3 is 10.2 Å². The maximum absolute atomic E-state index is 13.1. The third-order valence-corrected chi connectivity index (χ3v) is 5.45. The molecule has 7 heteroatoms. The minimum absolute atomic E-state index is 0.0521. The normalized spacial score (nSPS) is 16.4. The molecule has 1 aliphatic rings. The molecule has 0 fully saturated rings. The average Bonchev–Trinajstić information content (AvgIpc) is 2.78. The molecular formula is C22H22Cl2N2O3. The van der Waals surface area contributed by atoms with Crippen LogP contribution in [0.1, 0.15) is 42.1 Å². The van der Waals surface area contributed by atoms with E-state index in [1.807, 2.05) is 6.92 Å². The summed E-state index contributed by atoms with van der Waals surface area (Å²) in [6, 6.07) is 11.3. The molecule has 2 amide bonds. The maximum Gasteiger partial charge on any atom is 0.250 e. The summed E-state index contributed by atoms with van der Waals surface area (Å²) in [4.78, 5) is 39.9. The molecule has 1 heterocycles. The van der Waals surface area contributed by atoms with E-state index in [4.69, 9.17) is 23.2 Å². The Hall–Kier alpha value is -2.37. The van der Waals surface area contributed by atoms with Crippen LogP contribution < -0.4 is 10.2 Å². The smallest absolute Gasteiger partial charge is 0.250 e. The van der Waals surface area contributed by atoms with Gasteiger partial charge in [0.05, 0.1) is 5.69 Å². The van der Waals surface area contributed by atoms with Crippen LogP contribution in [0.2, 0.25) is 10.0 Å². The molecule has 0 saturated carbocycles. The molecule has 5 nitrogen and oxygen atoms in total. The number of para-hydroxylation sites is 1. The molecular weight excluding hydrogens is 411 g/mol. The predicted molar refractivity (Wildman–Crippen MR) is 115 cm³/mol. The first kappa shape index (κ1) is 21.3. The molecule has 152 valence electrons. The van der Waals surface area contributed by atoms with Gasteiger partial charge in [-0.3, -0.25) is 14.4 Å². The quantitative estimate of drug-likeness (QED) is 0.733. The van der Waals surface area contributed by atoms with E-state index in [0.29, 0.717) is 34.3 Å². The van der Waals surface area contributed by atoms with Crippen molar-refractivity contribution in [2.24, 2.45) is 0 Å². The van der Waals surface area contributed by atoms with Crippen LogP contribution in [0.5, 0.6) is 0 Å². The highest BCUT2D eigenvalue weighted by Gasteiger charge is 2.34. The van der Waals surface area contributed by atoms with E-state index in [-0.39, 0.29) is 30.4 Å². The van der Waals surface area contributed by atoms with E-state index < -0.39 is 6.04 Å². The van der Waals surface area contributed by atoms with E-state index in [0.717, 1.165) is 12.0 Å². The summed E-state index contributed by atoms with van der Waals surface area (Å²) in [5, 5.41) is 3.77. The number of ketones is 1. The molecule has 2 aromatic rings. The van der Waals surface area contributed by atoms with E-state index in [1.165, 1.54) is 0 Å². The number of carbonyl (C=O) groups is 3. The van der Waals surface area contributed by atoms with Gasteiger partial charge in [-0.25, -0.2) is 0 Å². The number of hydrogen-bond acceptors (Lipinski definition) is 3. The number of anilines is 1. The molecule has 3 rings (SSSR count). The Kier molecular flexibility index (Phi) is 6.93. The van der Waals surface area contributed by atoms with Crippen molar-refractivity contribution in [2.45, 2.75) is 38.6 Å². The topological polar surface area (TPSA) is 66.5 Å². The molecule has 1 unspecified atom stereocenters. The van der Waals surface area contributed by atoms with Gasteiger partial charge in [0.15, 0.2) is 5.78 Å². The number of nitrogens with one attached hydrogen (secondary N) is 1. The van der Waals surface area contributed by atoms with Gasteiger partial charge in [-0.2, -0.15) is 0 Å². The Morgan fingerprint density at radius 3 is 2.66 bits per heavy atom. The van der Waals surface area contributed by atoms with Crippen molar-refractivity contribution in [3.63, 3.8) is 0 Å². The van der Waals surface area contributed by atoms with Crippen LogP contribution in [0.3, 0.4) is 0 Å². The van der Waals surface area contributed by atoms with E-state index in [9.17, 15) is 14.4 Å². The number of halogens is 2. The highest BCUT2D eigenvalue weighted by atomic mass is 35.5. The number of carbonyl (C=O) groups excluding carboxylic acids is 3. The zero-order valence-corrected chi connectivity index (χ0v) is 17.6. The standard InChI is InChI=1S/C22H22Cl2N2O3/c1-2-11-26-19-6-4-3-5-16(19)20(27)13-18(22(26)29)25-21(28)10-8-14-7-9-15(23)12-17(14)24/h3-7,9,12,18H,2,8,10-11,13H2,1H3,(H,25,28). The highest BCUT2D eigenvalue weighted by molar-refractivity contribution is 6.35. The molecule has 1 N–H and O–H groups in total. The molecule has 1 aliphatic heterocycles. The second-order valence-corrected chi connectivity index (χ2v) is 7.83. The lowest BCUT2D eigenvalue weighted by molar-refractivity contribution is -0.127. The van der Waals surface area contributed by atoms with Crippen LogP contribution in [0.4, 0.5) is 5.69 Å². The predicted octanol–water partition coefficient (Wildman–Crippen LogP) is 4.44. The van der Waals surface area contributed by atoms with Crippen molar-refractivity contribution in [1.29, 1.82) is 0 Å². The summed E-state index contributed by atoms with van der Waals surface area (Å²) >= 11 is 12.0. The largest absolute Gasteiger partial charge is 0.344 e. The minimum Gasteiger partial charge on any atom is -0.344 e. The fourth-order valence-corrected chi connectivity index (χ4v) is 3.94. The minimum atomic E-state index is -0.880. The summed E-state index contributed by atoms with van der Waals surface area (Å²) in [6.45, 7) is 2.45. The Morgan fingerprint density at radius 1 is 1.17 bits per heavy atom. The summed E-state index contributed by atoms with van der Waals surface area (Å²) in [5.74, 6) is -0.716. The number of fused-ring (bicyclic) bond motifs is 1. The summed E-state index contributed by atoms with van der Waals surface area (Å²) < 4.78 is 0. The van der Waals surface area contributed by atoms with Crippen molar-refractivity contribution in [1.82, 2.24) is 5.32 Å². The third kappa shape index (κ3) is 4.98. The number of nitrogens with zero attached hydrogens (tertiary/aromatic N) is 1. The molecule has 0 aromatic heterocycles. The van der Waals surface area contributed by atoms with Crippen LogP contribution in [0.25, 0.3) is 0 Å². The lowest BCUT2D eigenvalue weighted by Crippen LogP contribution is -2.48. The molecule has 2 aromatic carbocycles. The van der Waals surface area contributed by atoms with Gasteiger partial charge in [0.2, 0.25) is 11.8 Å². The van der Waals surface area contributed by atoms with Crippen molar-refractivity contribution < 1.29 is 14.4 Å². The van der Waals surface area contributed by atoms with E-state index in [2.05, 4.69) is 5.32 Å². The van der Waals surface area contributed by atoms with E-state index in [1.54, 1.807) is 47.4 Å². The lowest BCUT2D eigenvalue weighted by atomic mass is 10.0. The molecule has 0 saturated heterocycles. The van der Waals surface area contributed by atoms with Gasteiger partial charge in [-0.05, 0) is 42.7 Å². The van der Waals surface area contributed by atoms with Crippen LogP contribution in [0.15, 0.2) is 42.5 Å². The second kappa shape index (κ2) is 9.42. The van der Waals surface area contributed by atoms with Crippen molar-refractivity contribution in [2.75, 3.05) is 11.4 Å². The first-order chi connectivity index (χ1) is 13.9. The molecule has 0 aliphatic carbocycles. The second-order valence-electron chi connectivity index (χ2n) is 6.99. The molecule has 0 bridgehead atoms. The molecule has 0 radical (unpaired) electrons. The van der Waals surface area contributed by atoms with E-state index >= 15 is 0 Å². The lowest BCUT2D eigenvalue weighted by Gasteiger charge is -2.25. The summed E-state index contributed by atoms with van der Waals surface area (Å²) in [7, 11) is 0. The fourth-order valence-electron chi connectivity index (χ4n) is 3.44. The van der Waals surface area contributed by atoms with Gasteiger partial charge in [0.1, 0.15) is 6.04 Å². The van der Waals surface area contributed by atoms with Gasteiger partial charge in [0.25, 0.3) is 0 Å². The van der Waals surface area contributed by atoms with Crippen LogP contribution in [-0.4, -0.2) is 30.2 Å². The third-order valence-electron chi connectivity index (χ3n) is 4.87. The molecule has 29 heavy (non-hydrogen) atoms. The monoisotopic (exact) mass is 432 g/mol. The van der Waals surface area contributed by atoms with Crippen molar-refractivity contribution >= 4 is 46.5 Å². The first-order valence-electron chi connectivity index (χ1n) is 9.57. The number of benzene rings is 2. The Bertz CT molecular complexity index is 945. The number of amides is 2. The fraction of sp³-hybridized carbons (Fsp3) is 0.318. The van der Waals surface area contributed by atoms with Crippen LogP contribution in [0, 0.1) is 0 Å². The zero-order valence-electron chi connectivity index (χ0n) is 16.1. The number of rotatable bonds is 6. The van der Waals surface area contributed by atoms with Crippen molar-refractivity contribution in [3.8, 4) is 0 Å². The highest BCUT2D eigenvalue weighted by Crippen LogP contribution is 2.27. The summed E-state index contributed by atoms with van der Waals surface area (Å²) in [6.07, 6.45) is 1.25. The van der Waals surface area contributed by atoms with Gasteiger partial charge in [0, 0.05) is 35.0 Å². The van der Waals surface area contributed by atoms with Gasteiger partial charge in [-0.1, -0.05) is 48.3 Å². The van der Waals surface area contributed by atoms with Crippen LogP contribution >= 0.6 is 23.2 Å². The summed E-state index contributed by atoms with van der Waals surface area (Å²) in [5.41, 5.74) is 1.92. The number of aryl methyl sites for hydroxylation is 1.